The van der Waals surface area contributed by atoms with Gasteiger partial charge in [0.25, 0.3) is 0 Å². The quantitative estimate of drug-likeness (QED) is 0.229. The largest absolute Gasteiger partial charge is 0.358 e. The van der Waals surface area contributed by atoms with Crippen LogP contribution in [-0.2, 0) is 38.7 Å². The van der Waals surface area contributed by atoms with Gasteiger partial charge in [-0.25, -0.2) is 12.1 Å². The number of fused-ring (bicyclic) bond motifs is 2. The van der Waals surface area contributed by atoms with Crippen LogP contribution >= 0.6 is 0 Å². The molecule has 0 heterocycles. The van der Waals surface area contributed by atoms with Crippen molar-refractivity contribution in [3.8, 4) is 0 Å². The molecule has 0 aromatic heterocycles. The molecule has 1 aliphatic carbocycles. The number of rotatable bonds is 1. The summed E-state index contributed by atoms with van der Waals surface area (Å²) in [5.41, 5.74) is 4.69. The maximum absolute atomic E-state index is 2.44. The molecule has 0 bridgehead atoms. The van der Waals surface area contributed by atoms with Crippen LogP contribution in [0.1, 0.15) is 42.9 Å². The van der Waals surface area contributed by atoms with Gasteiger partial charge in [0.1, 0.15) is 0 Å². The van der Waals surface area contributed by atoms with Gasteiger partial charge in [-0.1, -0.05) is 30.9 Å². The molecular weight excluding hydrogens is 479 g/mol. The molecule has 0 aliphatic heterocycles. The minimum Gasteiger partial charge on any atom is -0.358 e. The summed E-state index contributed by atoms with van der Waals surface area (Å²) < 4.78 is 0. The summed E-state index contributed by atoms with van der Waals surface area (Å²) >= 11 is 0. The maximum Gasteiger partial charge on any atom is 0 e. The van der Waals surface area contributed by atoms with Gasteiger partial charge in [0.2, 0.25) is 0 Å². The summed E-state index contributed by atoms with van der Waals surface area (Å²) in [6.45, 7) is 4.56. The van der Waals surface area contributed by atoms with Gasteiger partial charge < -0.3 is 37.1 Å². The molecular formula is C25H37Hf-7. The molecule has 148 valence electrons. The predicted molar refractivity (Wildman–Crippen MR) is 120 cm³/mol. The molecule has 1 aliphatic rings. The van der Waals surface area contributed by atoms with Gasteiger partial charge >= 0.3 is 0 Å². The second kappa shape index (κ2) is 15.1. The van der Waals surface area contributed by atoms with E-state index in [4.69, 9.17) is 0 Å². The summed E-state index contributed by atoms with van der Waals surface area (Å²) in [7, 11) is 0. The third kappa shape index (κ3) is 7.35. The molecule has 0 nitrogen and oxygen atoms in total. The van der Waals surface area contributed by atoms with Crippen LogP contribution in [0, 0.1) is 37.1 Å². The summed E-state index contributed by atoms with van der Waals surface area (Å²) in [6.07, 6.45) is 3.92. The summed E-state index contributed by atoms with van der Waals surface area (Å²) in [6, 6.07) is 19.4. The van der Waals surface area contributed by atoms with Gasteiger partial charge in [0, 0.05) is 25.8 Å². The Labute approximate surface area is 183 Å². The van der Waals surface area contributed by atoms with Crippen LogP contribution in [0.2, 0.25) is 0 Å². The minimum absolute atomic E-state index is 0. The Morgan fingerprint density at radius 3 is 1.88 bits per heavy atom. The molecule has 0 atom stereocenters. The van der Waals surface area contributed by atoms with Gasteiger partial charge in [-0.3, -0.25) is 0 Å². The van der Waals surface area contributed by atoms with Crippen molar-refractivity contribution in [2.24, 2.45) is 0 Å². The van der Waals surface area contributed by atoms with Gasteiger partial charge in [0.15, 0.2) is 0 Å². The third-order valence-electron chi connectivity index (χ3n) is 4.20. The van der Waals surface area contributed by atoms with Gasteiger partial charge in [-0.05, 0) is 19.3 Å². The van der Waals surface area contributed by atoms with Crippen molar-refractivity contribution >= 4 is 10.8 Å². The SMILES string of the molecule is CC(C)[c-]1ccc2cc3c(cc21)CCC3.[CH3-].[CH3-].[CH3-].[CH3-].[CH3-].[Hf].c1cc[cH-]c1. The molecule has 0 N–H and O–H groups in total. The topological polar surface area (TPSA) is 0 Å². The molecule has 4 rings (SSSR count). The molecule has 0 unspecified atom stereocenters. The first-order valence-corrected chi connectivity index (χ1v) is 7.63. The van der Waals surface area contributed by atoms with E-state index in [2.05, 4.69) is 38.1 Å². The molecule has 0 radical (unpaired) electrons. The first-order valence-electron chi connectivity index (χ1n) is 7.63. The minimum atomic E-state index is 0. The van der Waals surface area contributed by atoms with E-state index in [1.165, 1.54) is 35.6 Å². The van der Waals surface area contributed by atoms with Crippen LogP contribution < -0.4 is 0 Å². The summed E-state index contributed by atoms with van der Waals surface area (Å²) in [5, 5.41) is 2.94. The number of hydrogen-bond acceptors (Lipinski definition) is 0. The summed E-state index contributed by atoms with van der Waals surface area (Å²) in [4.78, 5) is 0. The molecule has 3 aromatic rings. The second-order valence-corrected chi connectivity index (χ2v) is 5.97. The zero-order chi connectivity index (χ0) is 13.9. The van der Waals surface area contributed by atoms with Crippen LogP contribution in [0.3, 0.4) is 0 Å². The zero-order valence-electron chi connectivity index (χ0n) is 17.9. The molecule has 0 fully saturated rings. The molecule has 3 aromatic carbocycles. The van der Waals surface area contributed by atoms with Crippen molar-refractivity contribution in [3.63, 3.8) is 0 Å². The van der Waals surface area contributed by atoms with Crippen molar-refractivity contribution in [1.82, 2.24) is 0 Å². The third-order valence-corrected chi connectivity index (χ3v) is 4.20. The van der Waals surface area contributed by atoms with E-state index < -0.39 is 0 Å². The number of benzene rings is 1. The monoisotopic (exact) mass is 517 g/mol. The van der Waals surface area contributed by atoms with E-state index in [1.54, 1.807) is 11.1 Å². The standard InChI is InChI=1S/C15H17.C5H5.5CH3.Hf/c1-10(2)14-7-6-13-8-11-4-3-5-12(11)9-15(13)14;1-2-4-5-3-1;;;;;;/h6-10H,3-5H2,1-2H3;1-5H;5*1H3;/q7*-1;. The summed E-state index contributed by atoms with van der Waals surface area (Å²) in [5.74, 6) is 0.641. The van der Waals surface area contributed by atoms with Crippen molar-refractivity contribution in [2.45, 2.75) is 39.0 Å². The maximum atomic E-state index is 2.44. The average Bonchev–Trinajstić information content (AvgIpc) is 3.17. The van der Waals surface area contributed by atoms with Gasteiger partial charge in [0.05, 0.1) is 0 Å². The first-order chi connectivity index (χ1) is 9.75. The molecule has 0 saturated heterocycles. The molecule has 0 amide bonds. The zero-order valence-corrected chi connectivity index (χ0v) is 21.5. The van der Waals surface area contributed by atoms with E-state index in [0.29, 0.717) is 5.92 Å². The van der Waals surface area contributed by atoms with Gasteiger partial charge in [-0.15, -0.1) is 34.5 Å². The van der Waals surface area contributed by atoms with Crippen LogP contribution in [0.25, 0.3) is 10.8 Å². The Hall–Kier alpha value is -0.950. The van der Waals surface area contributed by atoms with Crippen LogP contribution in [0.4, 0.5) is 0 Å². The Kier molecular flexibility index (Phi) is 19.0. The Morgan fingerprint density at radius 2 is 1.42 bits per heavy atom. The van der Waals surface area contributed by atoms with Crippen LogP contribution in [0.5, 0.6) is 0 Å². The van der Waals surface area contributed by atoms with Crippen molar-refractivity contribution < 1.29 is 25.8 Å². The fraction of sp³-hybridized carbons (Fsp3) is 0.240. The smallest absolute Gasteiger partial charge is 0 e. The molecule has 0 spiro atoms. The van der Waals surface area contributed by atoms with Crippen LogP contribution in [0.15, 0.2) is 54.6 Å². The van der Waals surface area contributed by atoms with Crippen molar-refractivity contribution in [1.29, 1.82) is 0 Å². The predicted octanol–water partition coefficient (Wildman–Crippen LogP) is 7.83. The van der Waals surface area contributed by atoms with E-state index in [1.807, 2.05) is 30.3 Å². The Bertz CT molecular complexity index is 654. The van der Waals surface area contributed by atoms with Gasteiger partial charge in [-0.2, -0.15) is 24.3 Å². The average molecular weight is 516 g/mol. The van der Waals surface area contributed by atoms with Crippen molar-refractivity contribution in [3.05, 3.63) is 108 Å². The number of hydrogen-bond donors (Lipinski definition) is 0. The van der Waals surface area contributed by atoms with E-state index in [0.717, 1.165) is 0 Å². The fourth-order valence-electron chi connectivity index (χ4n) is 3.12. The van der Waals surface area contributed by atoms with E-state index in [-0.39, 0.29) is 63.0 Å². The molecule has 26 heavy (non-hydrogen) atoms. The fourth-order valence-corrected chi connectivity index (χ4v) is 3.12. The van der Waals surface area contributed by atoms with E-state index in [9.17, 15) is 0 Å². The molecule has 0 saturated carbocycles. The van der Waals surface area contributed by atoms with E-state index >= 15 is 0 Å². The first kappa shape index (κ1) is 32.7. The van der Waals surface area contributed by atoms with Crippen LogP contribution in [-0.4, -0.2) is 0 Å². The Morgan fingerprint density at radius 1 is 0.885 bits per heavy atom. The molecule has 1 heteroatoms. The number of aryl methyl sites for hydroxylation is 2. The van der Waals surface area contributed by atoms with Crippen molar-refractivity contribution in [2.75, 3.05) is 0 Å². The Balaban J connectivity index is -0.000000196. The second-order valence-electron chi connectivity index (χ2n) is 5.97. The normalized spacial score (nSPS) is 10.3.